The van der Waals surface area contributed by atoms with E-state index in [2.05, 4.69) is 16.1 Å². The van der Waals surface area contributed by atoms with Gasteiger partial charge in [0.05, 0.1) is 5.69 Å². The number of carbonyl (C=O) groups is 1. The highest BCUT2D eigenvalue weighted by Crippen LogP contribution is 2.21. The van der Waals surface area contributed by atoms with Crippen LogP contribution >= 0.6 is 0 Å². The minimum atomic E-state index is -0.783. The molecular formula is C21H27N5O3. The molecule has 8 nitrogen and oxygen atoms in total. The van der Waals surface area contributed by atoms with Gasteiger partial charge in [-0.2, -0.15) is 0 Å². The predicted octanol–water partition coefficient (Wildman–Crippen LogP) is 3.05. The number of aromatic nitrogens is 4. The van der Waals surface area contributed by atoms with Crippen molar-refractivity contribution in [3.05, 3.63) is 58.4 Å². The molecule has 0 radical (unpaired) electrons. The van der Waals surface area contributed by atoms with E-state index in [9.17, 15) is 9.59 Å². The molecule has 0 amide bonds. The number of carbonyl (C=O) groups excluding carboxylic acids is 1. The quantitative estimate of drug-likeness (QED) is 0.658. The summed E-state index contributed by atoms with van der Waals surface area (Å²) in [5, 5.41) is 4.27. The highest BCUT2D eigenvalue weighted by atomic mass is 16.6. The van der Waals surface area contributed by atoms with E-state index in [-0.39, 0.29) is 0 Å². The zero-order chi connectivity index (χ0) is 21.2. The lowest BCUT2D eigenvalue weighted by atomic mass is 10.1. The molecule has 3 rings (SSSR count). The molecule has 0 aliphatic rings. The molecule has 3 heterocycles. The molecular weight excluding hydrogens is 370 g/mol. The first-order valence-corrected chi connectivity index (χ1v) is 9.61. The van der Waals surface area contributed by atoms with Crippen LogP contribution in [0.25, 0.3) is 5.65 Å². The summed E-state index contributed by atoms with van der Waals surface area (Å²) in [6.07, 6.45) is 6.34. The molecule has 0 saturated carbocycles. The molecule has 0 unspecified atom stereocenters. The van der Waals surface area contributed by atoms with Crippen molar-refractivity contribution >= 4 is 17.4 Å². The number of ether oxygens (including phenoxy) is 1. The van der Waals surface area contributed by atoms with E-state index in [1.807, 2.05) is 37.2 Å². The van der Waals surface area contributed by atoms with Crippen LogP contribution in [0.3, 0.4) is 0 Å². The van der Waals surface area contributed by atoms with Crippen LogP contribution in [0.4, 0.5) is 10.5 Å². The van der Waals surface area contributed by atoms with Crippen molar-refractivity contribution in [2.24, 2.45) is 0 Å². The van der Waals surface area contributed by atoms with E-state index in [0.29, 0.717) is 5.65 Å². The predicted molar refractivity (Wildman–Crippen MR) is 112 cm³/mol. The summed E-state index contributed by atoms with van der Waals surface area (Å²) in [6.45, 7) is 7.91. The van der Waals surface area contributed by atoms with Crippen LogP contribution < -0.4 is 10.6 Å². The Morgan fingerprint density at radius 1 is 1.31 bits per heavy atom. The number of rotatable bonds is 5. The molecule has 0 aliphatic carbocycles. The number of fused-ring (bicyclic) bond motifs is 1. The van der Waals surface area contributed by atoms with Crippen LogP contribution in [0.15, 0.2) is 41.6 Å². The smallest absolute Gasteiger partial charge is 0.439 e. The Kier molecular flexibility index (Phi) is 5.72. The lowest BCUT2D eigenvalue weighted by molar-refractivity contribution is 0.0508. The second-order valence-electron chi connectivity index (χ2n) is 8.16. The zero-order valence-corrected chi connectivity index (χ0v) is 17.5. The van der Waals surface area contributed by atoms with E-state index in [0.717, 1.165) is 35.3 Å². The number of hydrogen-bond donors (Lipinski definition) is 0. The van der Waals surface area contributed by atoms with Crippen molar-refractivity contribution in [3.63, 3.8) is 0 Å². The fourth-order valence-electron chi connectivity index (χ4n) is 3.08. The molecule has 3 aromatic rings. The molecule has 0 fully saturated rings. The van der Waals surface area contributed by atoms with Gasteiger partial charge in [0, 0.05) is 32.2 Å². The topological polar surface area (TPSA) is 81.7 Å². The Labute approximate surface area is 169 Å². The van der Waals surface area contributed by atoms with Crippen LogP contribution in [0.1, 0.15) is 38.3 Å². The summed E-state index contributed by atoms with van der Waals surface area (Å²) in [5.41, 5.74) is 2.04. The maximum absolute atomic E-state index is 12.7. The second kappa shape index (κ2) is 8.06. The van der Waals surface area contributed by atoms with Gasteiger partial charge in [0.2, 0.25) is 0 Å². The van der Waals surface area contributed by atoms with Crippen LogP contribution in [-0.2, 0) is 11.2 Å². The number of pyridine rings is 2. The molecule has 0 bridgehead atoms. The summed E-state index contributed by atoms with van der Waals surface area (Å²) in [6, 6.07) is 5.95. The van der Waals surface area contributed by atoms with Crippen molar-refractivity contribution in [2.45, 2.75) is 46.1 Å². The summed E-state index contributed by atoms with van der Waals surface area (Å²) < 4.78 is 7.49. The van der Waals surface area contributed by atoms with Crippen LogP contribution in [0, 0.1) is 6.92 Å². The molecule has 0 N–H and O–H groups in total. The lowest BCUT2D eigenvalue weighted by Gasteiger charge is -2.20. The van der Waals surface area contributed by atoms with Gasteiger partial charge in [0.25, 0.3) is 0 Å². The van der Waals surface area contributed by atoms with E-state index >= 15 is 0 Å². The van der Waals surface area contributed by atoms with Gasteiger partial charge < -0.3 is 9.64 Å². The third-order valence-electron chi connectivity index (χ3n) is 4.40. The van der Waals surface area contributed by atoms with Gasteiger partial charge in [0.15, 0.2) is 5.65 Å². The van der Waals surface area contributed by atoms with Crippen molar-refractivity contribution in [1.82, 2.24) is 19.2 Å². The Morgan fingerprint density at radius 3 is 2.72 bits per heavy atom. The fourth-order valence-corrected chi connectivity index (χ4v) is 3.08. The Bertz CT molecular complexity index is 1060. The van der Waals surface area contributed by atoms with Crippen molar-refractivity contribution in [1.29, 1.82) is 0 Å². The Morgan fingerprint density at radius 2 is 2.07 bits per heavy atom. The van der Waals surface area contributed by atoms with Crippen LogP contribution in [0.2, 0.25) is 0 Å². The van der Waals surface area contributed by atoms with Crippen molar-refractivity contribution in [3.8, 4) is 0 Å². The Balaban J connectivity index is 1.86. The van der Waals surface area contributed by atoms with E-state index in [4.69, 9.17) is 4.74 Å². The van der Waals surface area contributed by atoms with Gasteiger partial charge in [0.1, 0.15) is 5.60 Å². The second-order valence-corrected chi connectivity index (χ2v) is 8.16. The molecule has 8 heteroatoms. The van der Waals surface area contributed by atoms with Gasteiger partial charge in [-0.05, 0) is 63.8 Å². The first-order valence-electron chi connectivity index (χ1n) is 9.61. The molecule has 0 saturated heterocycles. The third-order valence-corrected chi connectivity index (χ3v) is 4.40. The molecule has 154 valence electrons. The average molecular weight is 397 g/mol. The first kappa shape index (κ1) is 20.6. The lowest BCUT2D eigenvalue weighted by Crippen LogP contribution is -2.34. The van der Waals surface area contributed by atoms with Gasteiger partial charge >= 0.3 is 11.8 Å². The molecule has 0 aromatic carbocycles. The molecule has 3 aromatic heterocycles. The molecule has 0 spiro atoms. The van der Waals surface area contributed by atoms with E-state index in [1.54, 1.807) is 33.2 Å². The van der Waals surface area contributed by atoms with E-state index in [1.165, 1.54) is 9.96 Å². The van der Waals surface area contributed by atoms with Crippen LogP contribution in [-0.4, -0.2) is 44.5 Å². The van der Waals surface area contributed by atoms with Crippen molar-refractivity contribution in [2.75, 3.05) is 18.5 Å². The Hall–Kier alpha value is -3.16. The number of nitrogens with zero attached hydrogens (tertiary/aromatic N) is 5. The molecule has 29 heavy (non-hydrogen) atoms. The monoisotopic (exact) mass is 397 g/mol. The minimum Gasteiger partial charge on any atom is -0.442 e. The maximum atomic E-state index is 12.7. The summed E-state index contributed by atoms with van der Waals surface area (Å²) >= 11 is 0. The van der Waals surface area contributed by atoms with Gasteiger partial charge in [-0.25, -0.2) is 14.0 Å². The van der Waals surface area contributed by atoms with Crippen LogP contribution in [0.5, 0.6) is 0 Å². The summed E-state index contributed by atoms with van der Waals surface area (Å²) in [5.74, 6) is 0. The van der Waals surface area contributed by atoms with Gasteiger partial charge in [-0.3, -0.25) is 4.98 Å². The summed E-state index contributed by atoms with van der Waals surface area (Å²) in [4.78, 5) is 31.3. The SMILES string of the molecule is Cc1cc(N(C)CCCc2cccnc2)c2nn(C(=O)OC(C)(C)C)c(=O)n2c1. The maximum Gasteiger partial charge on any atom is 0.439 e. The minimum absolute atomic E-state index is 0.426. The highest BCUT2D eigenvalue weighted by Gasteiger charge is 2.23. The largest absolute Gasteiger partial charge is 0.442 e. The van der Waals surface area contributed by atoms with E-state index < -0.39 is 17.4 Å². The molecule has 0 atom stereocenters. The first-order chi connectivity index (χ1) is 13.7. The number of anilines is 1. The standard InChI is InChI=1S/C21H27N5O3/c1-15-12-17(24(5)11-7-9-16-8-6-10-22-13-16)18-23-26(19(27)25(18)14-15)20(28)29-21(2,3)4/h6,8,10,12-14H,7,9,11H2,1-5H3. The number of hydrogen-bond acceptors (Lipinski definition) is 6. The third kappa shape index (κ3) is 4.82. The highest BCUT2D eigenvalue weighted by molar-refractivity contribution is 5.74. The zero-order valence-electron chi connectivity index (χ0n) is 17.5. The average Bonchev–Trinajstić information content (AvgIpc) is 2.97. The fraction of sp³-hybridized carbons (Fsp3) is 0.429. The normalized spacial score (nSPS) is 11.6. The van der Waals surface area contributed by atoms with Gasteiger partial charge in [-0.1, -0.05) is 6.07 Å². The molecule has 0 aliphatic heterocycles. The van der Waals surface area contributed by atoms with Crippen molar-refractivity contribution < 1.29 is 9.53 Å². The van der Waals surface area contributed by atoms with Gasteiger partial charge in [-0.15, -0.1) is 9.78 Å². The summed E-state index contributed by atoms with van der Waals surface area (Å²) in [7, 11) is 1.95. The number of aryl methyl sites for hydroxylation is 2.